The Morgan fingerprint density at radius 2 is 2.00 bits per heavy atom. The molecule has 1 spiro atoms. The van der Waals surface area contributed by atoms with Crippen LogP contribution in [0.2, 0.25) is 0 Å². The molecule has 0 amide bonds. The van der Waals surface area contributed by atoms with Crippen molar-refractivity contribution in [2.45, 2.75) is 44.7 Å². The van der Waals surface area contributed by atoms with Gasteiger partial charge in [-0.2, -0.15) is 0 Å². The van der Waals surface area contributed by atoms with Gasteiger partial charge in [0.15, 0.2) is 0 Å². The second-order valence-electron chi connectivity index (χ2n) is 3.55. The zero-order chi connectivity index (χ0) is 8.44. The van der Waals surface area contributed by atoms with Crippen molar-refractivity contribution in [3.05, 3.63) is 0 Å². The van der Waals surface area contributed by atoms with Crippen LogP contribution in [0.4, 0.5) is 0 Å². The Kier molecular flexibility index (Phi) is 2.35. The van der Waals surface area contributed by atoms with Crippen molar-refractivity contribution >= 4 is 0 Å². The van der Waals surface area contributed by atoms with E-state index < -0.39 is 5.97 Å². The number of rotatable bonds is 0. The van der Waals surface area contributed by atoms with Crippen LogP contribution in [0.1, 0.15) is 32.6 Å². The summed E-state index contributed by atoms with van der Waals surface area (Å²) in [5, 5.41) is 0. The Morgan fingerprint density at radius 3 is 2.67 bits per heavy atom. The van der Waals surface area contributed by atoms with Crippen LogP contribution >= 0.6 is 0 Å². The Morgan fingerprint density at radius 1 is 1.17 bits per heavy atom. The second kappa shape index (κ2) is 3.32. The highest BCUT2D eigenvalue weighted by atomic mass is 16.9. The summed E-state index contributed by atoms with van der Waals surface area (Å²) < 4.78 is 16.7. The van der Waals surface area contributed by atoms with Crippen LogP contribution in [0.5, 0.6) is 0 Å². The molecule has 70 valence electrons. The van der Waals surface area contributed by atoms with Crippen molar-refractivity contribution in [3.63, 3.8) is 0 Å². The molecule has 0 aromatic carbocycles. The third-order valence-electron chi connectivity index (χ3n) is 2.43. The van der Waals surface area contributed by atoms with E-state index in [1.807, 2.05) is 0 Å². The van der Waals surface area contributed by atoms with Crippen molar-refractivity contribution in [2.24, 2.45) is 0 Å². The zero-order valence-corrected chi connectivity index (χ0v) is 7.54. The van der Waals surface area contributed by atoms with Gasteiger partial charge in [-0.15, -0.1) is 0 Å². The molecule has 3 heteroatoms. The van der Waals surface area contributed by atoms with E-state index in [2.05, 4.69) is 6.92 Å². The minimum Gasteiger partial charge on any atom is -0.327 e. The van der Waals surface area contributed by atoms with E-state index in [4.69, 9.17) is 14.2 Å². The monoisotopic (exact) mass is 172 g/mol. The summed E-state index contributed by atoms with van der Waals surface area (Å²) in [5.41, 5.74) is 0. The molecule has 2 fully saturated rings. The van der Waals surface area contributed by atoms with Gasteiger partial charge in [0.05, 0.1) is 19.3 Å². The fourth-order valence-electron chi connectivity index (χ4n) is 1.73. The molecule has 2 aliphatic heterocycles. The van der Waals surface area contributed by atoms with Crippen LogP contribution < -0.4 is 0 Å². The van der Waals surface area contributed by atoms with Gasteiger partial charge >= 0.3 is 0 Å². The lowest BCUT2D eigenvalue weighted by atomic mass is 10.1. The molecule has 2 atom stereocenters. The predicted molar refractivity (Wildman–Crippen MR) is 43.7 cm³/mol. The first-order chi connectivity index (χ1) is 5.81. The molecule has 0 aliphatic carbocycles. The van der Waals surface area contributed by atoms with Gasteiger partial charge in [-0.25, -0.2) is 0 Å². The van der Waals surface area contributed by atoms with Crippen molar-refractivity contribution < 1.29 is 14.2 Å². The molecule has 2 unspecified atom stereocenters. The molecule has 12 heavy (non-hydrogen) atoms. The largest absolute Gasteiger partial charge is 0.327 e. The molecular weight excluding hydrogens is 156 g/mol. The van der Waals surface area contributed by atoms with Crippen LogP contribution in [0.15, 0.2) is 0 Å². The summed E-state index contributed by atoms with van der Waals surface area (Å²) in [6.07, 6.45) is 4.41. The van der Waals surface area contributed by atoms with Crippen molar-refractivity contribution in [1.29, 1.82) is 0 Å². The van der Waals surface area contributed by atoms with Crippen molar-refractivity contribution in [1.82, 2.24) is 0 Å². The summed E-state index contributed by atoms with van der Waals surface area (Å²) >= 11 is 0. The highest BCUT2D eigenvalue weighted by molar-refractivity contribution is 4.70. The molecule has 0 bridgehead atoms. The lowest BCUT2D eigenvalue weighted by molar-refractivity contribution is -0.423. The van der Waals surface area contributed by atoms with Gasteiger partial charge in [0.1, 0.15) is 0 Å². The van der Waals surface area contributed by atoms with E-state index in [0.29, 0.717) is 0 Å². The Bertz CT molecular complexity index is 146. The fraction of sp³-hybridized carbons (Fsp3) is 1.00. The molecule has 0 radical (unpaired) electrons. The molecule has 0 aromatic rings. The van der Waals surface area contributed by atoms with Gasteiger partial charge in [0.2, 0.25) is 0 Å². The lowest BCUT2D eigenvalue weighted by Crippen LogP contribution is -2.48. The quantitative estimate of drug-likeness (QED) is 0.556. The van der Waals surface area contributed by atoms with E-state index in [9.17, 15) is 0 Å². The standard InChI is InChI=1S/C9H16O3/c1-8-4-7-11-9(12-8)5-2-3-6-10-9/h8H,2-7H2,1H3. The van der Waals surface area contributed by atoms with E-state index >= 15 is 0 Å². The first-order valence-electron chi connectivity index (χ1n) is 4.76. The highest BCUT2D eigenvalue weighted by Crippen LogP contribution is 2.32. The van der Waals surface area contributed by atoms with Crippen LogP contribution in [0.25, 0.3) is 0 Å². The molecule has 2 rings (SSSR count). The van der Waals surface area contributed by atoms with E-state index in [-0.39, 0.29) is 6.10 Å². The molecular formula is C9H16O3. The maximum absolute atomic E-state index is 5.67. The summed E-state index contributed by atoms with van der Waals surface area (Å²) in [5.74, 6) is -0.671. The zero-order valence-electron chi connectivity index (χ0n) is 7.54. The van der Waals surface area contributed by atoms with Crippen molar-refractivity contribution in [2.75, 3.05) is 13.2 Å². The minimum absolute atomic E-state index is 0.275. The lowest BCUT2D eigenvalue weighted by Gasteiger charge is -2.41. The molecule has 0 saturated carbocycles. The average Bonchev–Trinajstić information content (AvgIpc) is 2.05. The Hall–Kier alpha value is -0.120. The van der Waals surface area contributed by atoms with Crippen LogP contribution in [0, 0.1) is 0 Å². The maximum atomic E-state index is 5.67. The van der Waals surface area contributed by atoms with Crippen LogP contribution in [0.3, 0.4) is 0 Å². The fourth-order valence-corrected chi connectivity index (χ4v) is 1.73. The summed E-state index contributed by atoms with van der Waals surface area (Å²) in [6, 6.07) is 0. The third-order valence-corrected chi connectivity index (χ3v) is 2.43. The topological polar surface area (TPSA) is 27.7 Å². The van der Waals surface area contributed by atoms with Crippen LogP contribution in [-0.4, -0.2) is 25.3 Å². The molecule has 3 nitrogen and oxygen atoms in total. The summed E-state index contributed by atoms with van der Waals surface area (Å²) in [7, 11) is 0. The van der Waals surface area contributed by atoms with Gasteiger partial charge in [-0.1, -0.05) is 0 Å². The predicted octanol–water partition coefficient (Wildman–Crippen LogP) is 1.67. The van der Waals surface area contributed by atoms with Gasteiger partial charge in [0, 0.05) is 6.42 Å². The SMILES string of the molecule is CC1CCOC2(CCCCO2)O1. The smallest absolute Gasteiger partial charge is 0.283 e. The maximum Gasteiger partial charge on any atom is 0.283 e. The molecule has 2 aliphatic rings. The number of hydrogen-bond donors (Lipinski definition) is 0. The average molecular weight is 172 g/mol. The number of hydrogen-bond acceptors (Lipinski definition) is 3. The van der Waals surface area contributed by atoms with Gasteiger partial charge in [0.25, 0.3) is 5.97 Å². The second-order valence-corrected chi connectivity index (χ2v) is 3.55. The first-order valence-corrected chi connectivity index (χ1v) is 4.76. The minimum atomic E-state index is -0.671. The van der Waals surface area contributed by atoms with E-state index in [0.717, 1.165) is 38.9 Å². The Labute approximate surface area is 73.0 Å². The highest BCUT2D eigenvalue weighted by Gasteiger charge is 2.39. The summed E-state index contributed by atoms with van der Waals surface area (Å²) in [4.78, 5) is 0. The molecule has 2 heterocycles. The van der Waals surface area contributed by atoms with E-state index in [1.54, 1.807) is 0 Å². The molecule has 2 saturated heterocycles. The van der Waals surface area contributed by atoms with Gasteiger partial charge in [-0.3, -0.25) is 0 Å². The van der Waals surface area contributed by atoms with Gasteiger partial charge < -0.3 is 14.2 Å². The third kappa shape index (κ3) is 1.63. The number of ether oxygens (including phenoxy) is 3. The van der Waals surface area contributed by atoms with Gasteiger partial charge in [-0.05, 0) is 26.2 Å². The molecule has 0 N–H and O–H groups in total. The normalized spacial score (nSPS) is 43.2. The van der Waals surface area contributed by atoms with E-state index in [1.165, 1.54) is 0 Å². The first kappa shape index (κ1) is 8.48. The summed E-state index contributed by atoms with van der Waals surface area (Å²) in [6.45, 7) is 3.61. The van der Waals surface area contributed by atoms with Crippen LogP contribution in [-0.2, 0) is 14.2 Å². The van der Waals surface area contributed by atoms with Crippen molar-refractivity contribution in [3.8, 4) is 0 Å². The Balaban J connectivity index is 1.97. The molecule has 0 aromatic heterocycles.